The first kappa shape index (κ1) is 18.0. The van der Waals surface area contributed by atoms with Crippen LogP contribution in [0.2, 0.25) is 5.02 Å². The Balaban J connectivity index is 1.41. The Hall–Kier alpha value is -3.37. The number of rotatable bonds is 5. The van der Waals surface area contributed by atoms with Crippen molar-refractivity contribution in [2.45, 2.75) is 6.54 Å². The summed E-state index contributed by atoms with van der Waals surface area (Å²) in [5.41, 5.74) is 4.44. The topological polar surface area (TPSA) is 55.1 Å². The highest BCUT2D eigenvalue weighted by Gasteiger charge is 2.10. The minimum absolute atomic E-state index is 0.187. The minimum atomic E-state index is -0.187. The van der Waals surface area contributed by atoms with Gasteiger partial charge in [-0.2, -0.15) is 0 Å². The summed E-state index contributed by atoms with van der Waals surface area (Å²) in [6.45, 7) is 0.285. The van der Waals surface area contributed by atoms with Crippen LogP contribution in [0.15, 0.2) is 89.5 Å². The van der Waals surface area contributed by atoms with Crippen LogP contribution in [0.4, 0.5) is 0 Å². The Labute approximate surface area is 167 Å². The Morgan fingerprint density at radius 2 is 1.50 bits per heavy atom. The zero-order chi connectivity index (χ0) is 19.3. The summed E-state index contributed by atoms with van der Waals surface area (Å²) in [7, 11) is 0. The summed E-state index contributed by atoms with van der Waals surface area (Å²) in [5, 5.41) is 7.46. The van der Waals surface area contributed by atoms with Crippen molar-refractivity contribution in [1.82, 2.24) is 10.5 Å². The number of nitrogens with one attached hydrogen (secondary N) is 1. The van der Waals surface area contributed by atoms with Gasteiger partial charge < -0.3 is 9.84 Å². The molecule has 0 unspecified atom stereocenters. The van der Waals surface area contributed by atoms with Crippen LogP contribution < -0.4 is 5.32 Å². The molecule has 1 aromatic heterocycles. The van der Waals surface area contributed by atoms with Gasteiger partial charge in [0.25, 0.3) is 5.91 Å². The van der Waals surface area contributed by atoms with Crippen LogP contribution in [0, 0.1) is 0 Å². The fraction of sp³-hybridized carbons (Fsp3) is 0.0435. The molecule has 0 atom stereocenters. The van der Waals surface area contributed by atoms with E-state index in [1.165, 1.54) is 0 Å². The van der Waals surface area contributed by atoms with Crippen LogP contribution in [0.1, 0.15) is 16.1 Å². The van der Waals surface area contributed by atoms with E-state index < -0.39 is 0 Å². The summed E-state index contributed by atoms with van der Waals surface area (Å²) >= 11 is 5.84. The molecule has 1 heterocycles. The molecule has 0 saturated carbocycles. The van der Waals surface area contributed by atoms with Gasteiger partial charge in [0.2, 0.25) is 0 Å². The first-order chi connectivity index (χ1) is 13.7. The maximum atomic E-state index is 12.2. The second-order valence-electron chi connectivity index (χ2n) is 6.32. The van der Waals surface area contributed by atoms with Gasteiger partial charge in [0.15, 0.2) is 5.76 Å². The van der Waals surface area contributed by atoms with Crippen molar-refractivity contribution in [2.75, 3.05) is 0 Å². The number of carbonyl (C=O) groups excluding carboxylic acids is 1. The monoisotopic (exact) mass is 388 g/mol. The smallest absolute Gasteiger partial charge is 0.251 e. The average molecular weight is 389 g/mol. The highest BCUT2D eigenvalue weighted by molar-refractivity contribution is 6.30. The third kappa shape index (κ3) is 4.13. The lowest BCUT2D eigenvalue weighted by Crippen LogP contribution is -2.22. The van der Waals surface area contributed by atoms with Crippen molar-refractivity contribution in [3.05, 3.63) is 101 Å². The fourth-order valence-corrected chi connectivity index (χ4v) is 2.99. The van der Waals surface area contributed by atoms with Gasteiger partial charge in [-0.25, -0.2) is 0 Å². The SMILES string of the molecule is O=C(NCc1cc(-c2ccc(-c3ccccc3)cc2)on1)c1ccc(Cl)cc1. The maximum absolute atomic E-state index is 12.2. The molecule has 1 amide bonds. The first-order valence-electron chi connectivity index (χ1n) is 8.84. The Kier molecular flexibility index (Phi) is 5.22. The molecule has 0 radical (unpaired) electrons. The molecular weight excluding hydrogens is 372 g/mol. The summed E-state index contributed by atoms with van der Waals surface area (Å²) in [5.74, 6) is 0.476. The third-order valence-corrected chi connectivity index (χ3v) is 4.62. The second kappa shape index (κ2) is 8.11. The predicted molar refractivity (Wildman–Crippen MR) is 110 cm³/mol. The van der Waals surface area contributed by atoms with E-state index >= 15 is 0 Å². The number of nitrogens with zero attached hydrogens (tertiary/aromatic N) is 1. The largest absolute Gasteiger partial charge is 0.356 e. The number of halogens is 1. The number of carbonyl (C=O) groups is 1. The lowest BCUT2D eigenvalue weighted by molar-refractivity contribution is 0.0950. The van der Waals surface area contributed by atoms with E-state index in [4.69, 9.17) is 16.1 Å². The molecule has 4 rings (SSSR count). The average Bonchev–Trinajstić information content (AvgIpc) is 3.22. The predicted octanol–water partition coefficient (Wildman–Crippen LogP) is 5.59. The maximum Gasteiger partial charge on any atom is 0.251 e. The van der Waals surface area contributed by atoms with Gasteiger partial charge in [0.05, 0.1) is 6.54 Å². The van der Waals surface area contributed by atoms with Crippen LogP contribution in [-0.2, 0) is 6.54 Å². The minimum Gasteiger partial charge on any atom is -0.356 e. The van der Waals surface area contributed by atoms with E-state index in [1.54, 1.807) is 24.3 Å². The van der Waals surface area contributed by atoms with E-state index in [2.05, 4.69) is 34.7 Å². The van der Waals surface area contributed by atoms with Crippen molar-refractivity contribution >= 4 is 17.5 Å². The number of hydrogen-bond acceptors (Lipinski definition) is 3. The fourth-order valence-electron chi connectivity index (χ4n) is 2.86. The van der Waals surface area contributed by atoms with Crippen LogP contribution in [0.25, 0.3) is 22.5 Å². The van der Waals surface area contributed by atoms with Crippen LogP contribution in [0.5, 0.6) is 0 Å². The summed E-state index contributed by atoms with van der Waals surface area (Å²) in [6, 6.07) is 26.8. The molecule has 0 fully saturated rings. The second-order valence-corrected chi connectivity index (χ2v) is 6.75. The third-order valence-electron chi connectivity index (χ3n) is 4.37. The molecule has 0 saturated heterocycles. The molecule has 5 heteroatoms. The summed E-state index contributed by atoms with van der Waals surface area (Å²) in [4.78, 5) is 12.2. The van der Waals surface area contributed by atoms with Gasteiger partial charge in [-0.05, 0) is 35.4 Å². The van der Waals surface area contributed by atoms with Crippen molar-refractivity contribution in [2.24, 2.45) is 0 Å². The number of aromatic nitrogens is 1. The highest BCUT2D eigenvalue weighted by Crippen LogP contribution is 2.25. The Morgan fingerprint density at radius 3 is 2.21 bits per heavy atom. The number of hydrogen-bond donors (Lipinski definition) is 1. The molecule has 4 nitrogen and oxygen atoms in total. The van der Waals surface area contributed by atoms with Crippen molar-refractivity contribution < 1.29 is 9.32 Å². The molecule has 28 heavy (non-hydrogen) atoms. The highest BCUT2D eigenvalue weighted by atomic mass is 35.5. The zero-order valence-electron chi connectivity index (χ0n) is 14.9. The lowest BCUT2D eigenvalue weighted by Gasteiger charge is -2.03. The van der Waals surface area contributed by atoms with Gasteiger partial charge in [-0.15, -0.1) is 0 Å². The van der Waals surface area contributed by atoms with Crippen molar-refractivity contribution in [1.29, 1.82) is 0 Å². The Morgan fingerprint density at radius 1 is 0.857 bits per heavy atom. The number of benzene rings is 3. The van der Waals surface area contributed by atoms with Gasteiger partial charge in [0.1, 0.15) is 5.69 Å². The molecule has 3 aromatic carbocycles. The molecule has 138 valence electrons. The van der Waals surface area contributed by atoms with E-state index in [1.807, 2.05) is 36.4 Å². The van der Waals surface area contributed by atoms with E-state index in [0.717, 1.165) is 16.7 Å². The van der Waals surface area contributed by atoms with E-state index in [0.29, 0.717) is 22.0 Å². The summed E-state index contributed by atoms with van der Waals surface area (Å²) in [6.07, 6.45) is 0. The molecule has 1 N–H and O–H groups in total. The van der Waals surface area contributed by atoms with Gasteiger partial charge in [0, 0.05) is 22.2 Å². The van der Waals surface area contributed by atoms with Gasteiger partial charge in [-0.3, -0.25) is 4.79 Å². The van der Waals surface area contributed by atoms with Gasteiger partial charge in [-0.1, -0.05) is 71.4 Å². The molecule has 0 spiro atoms. The lowest BCUT2D eigenvalue weighted by atomic mass is 10.0. The normalized spacial score (nSPS) is 10.6. The van der Waals surface area contributed by atoms with Gasteiger partial charge >= 0.3 is 0 Å². The first-order valence-corrected chi connectivity index (χ1v) is 9.22. The standard InChI is InChI=1S/C23H17ClN2O2/c24-20-12-10-19(11-13-20)23(27)25-15-21-14-22(28-26-21)18-8-6-17(7-9-18)16-4-2-1-3-5-16/h1-14H,15H2,(H,25,27). The molecular formula is C23H17ClN2O2. The van der Waals surface area contributed by atoms with E-state index in [-0.39, 0.29) is 12.5 Å². The van der Waals surface area contributed by atoms with Crippen LogP contribution in [0.3, 0.4) is 0 Å². The molecule has 0 aliphatic carbocycles. The van der Waals surface area contributed by atoms with E-state index in [9.17, 15) is 4.79 Å². The van der Waals surface area contributed by atoms with Crippen LogP contribution in [-0.4, -0.2) is 11.1 Å². The summed E-state index contributed by atoms with van der Waals surface area (Å²) < 4.78 is 5.43. The van der Waals surface area contributed by atoms with Crippen molar-refractivity contribution in [3.8, 4) is 22.5 Å². The quantitative estimate of drug-likeness (QED) is 0.484. The molecule has 0 aliphatic heterocycles. The number of amides is 1. The zero-order valence-corrected chi connectivity index (χ0v) is 15.7. The Bertz CT molecular complexity index is 1070. The van der Waals surface area contributed by atoms with Crippen LogP contribution >= 0.6 is 11.6 Å². The molecule has 0 bridgehead atoms. The molecule has 0 aliphatic rings. The molecule has 4 aromatic rings. The van der Waals surface area contributed by atoms with Crippen molar-refractivity contribution in [3.63, 3.8) is 0 Å².